The number of ether oxygens (including phenoxy) is 1. The molecule has 0 aromatic carbocycles. The van der Waals surface area contributed by atoms with Crippen molar-refractivity contribution >= 4 is 12.1 Å². The third-order valence-corrected chi connectivity index (χ3v) is 7.97. The van der Waals surface area contributed by atoms with Crippen LogP contribution in [0.15, 0.2) is 0 Å². The second kappa shape index (κ2) is 11.2. The lowest BCUT2D eigenvalue weighted by Crippen LogP contribution is -2.53. The van der Waals surface area contributed by atoms with Gasteiger partial charge < -0.3 is 24.5 Å². The van der Waals surface area contributed by atoms with Gasteiger partial charge in [0.05, 0.1) is 6.04 Å². The van der Waals surface area contributed by atoms with E-state index in [0.29, 0.717) is 6.42 Å². The Balaban J connectivity index is 1.11. The normalized spacial score (nSPS) is 28.9. The Morgan fingerprint density at radius 1 is 0.938 bits per heavy atom. The summed E-state index contributed by atoms with van der Waals surface area (Å²) in [6.07, 6.45) is 9.69. The smallest absolute Gasteiger partial charge is 0.411 e. The van der Waals surface area contributed by atoms with E-state index in [0.717, 1.165) is 57.6 Å². The van der Waals surface area contributed by atoms with Gasteiger partial charge in [-0.3, -0.25) is 9.69 Å². The molecule has 4 rings (SSSR count). The van der Waals surface area contributed by atoms with Crippen LogP contribution in [0.25, 0.3) is 0 Å². The monoisotopic (exact) mass is 450 g/mol. The van der Waals surface area contributed by atoms with Crippen LogP contribution in [0.1, 0.15) is 64.7 Å². The van der Waals surface area contributed by atoms with Crippen molar-refractivity contribution in [3.8, 4) is 0 Å². The van der Waals surface area contributed by atoms with Gasteiger partial charge in [-0.25, -0.2) is 4.79 Å². The van der Waals surface area contributed by atoms with E-state index in [4.69, 9.17) is 9.84 Å². The van der Waals surface area contributed by atoms with Crippen molar-refractivity contribution in [2.75, 3.05) is 52.4 Å². The Kier molecular flexibility index (Phi) is 8.29. The molecule has 32 heavy (non-hydrogen) atoms. The summed E-state index contributed by atoms with van der Waals surface area (Å²) in [5.41, 5.74) is 0. The summed E-state index contributed by atoms with van der Waals surface area (Å²) in [5, 5.41) is 8.80. The van der Waals surface area contributed by atoms with Crippen molar-refractivity contribution in [2.24, 2.45) is 5.92 Å². The van der Waals surface area contributed by atoms with Gasteiger partial charge in [0.25, 0.3) is 0 Å². The van der Waals surface area contributed by atoms with E-state index in [1.165, 1.54) is 51.6 Å². The van der Waals surface area contributed by atoms with E-state index in [1.54, 1.807) is 0 Å². The van der Waals surface area contributed by atoms with E-state index in [1.807, 2.05) is 4.90 Å². The topological polar surface area (TPSA) is 76.6 Å². The SMILES string of the molecule is CC1C(N2CCN(CCCC(=O)O)CC2)OC(=O)N1CCCCC1CCN(C2CC2)CC1. The zero-order chi connectivity index (χ0) is 22.5. The molecule has 1 amide bonds. The number of piperazine rings is 1. The maximum Gasteiger partial charge on any atom is 0.411 e. The Bertz CT molecular complexity index is 627. The van der Waals surface area contributed by atoms with Gasteiger partial charge in [-0.15, -0.1) is 0 Å². The van der Waals surface area contributed by atoms with E-state index >= 15 is 0 Å². The number of carboxylic acids is 1. The zero-order valence-electron chi connectivity index (χ0n) is 19.8. The molecular formula is C24H42N4O4. The van der Waals surface area contributed by atoms with Gasteiger partial charge in [0.2, 0.25) is 0 Å². The number of amides is 1. The summed E-state index contributed by atoms with van der Waals surface area (Å²) in [5.74, 6) is 0.141. The third-order valence-electron chi connectivity index (χ3n) is 7.97. The molecule has 2 unspecified atom stereocenters. The highest BCUT2D eigenvalue weighted by molar-refractivity contribution is 5.70. The maximum atomic E-state index is 12.5. The molecule has 0 radical (unpaired) electrons. The first-order valence-corrected chi connectivity index (χ1v) is 12.9. The number of rotatable bonds is 11. The van der Waals surface area contributed by atoms with Gasteiger partial charge in [0.1, 0.15) is 0 Å². The second-order valence-corrected chi connectivity index (χ2v) is 10.3. The number of carbonyl (C=O) groups is 2. The average molecular weight is 451 g/mol. The summed E-state index contributed by atoms with van der Waals surface area (Å²) in [6.45, 7) is 9.85. The third kappa shape index (κ3) is 6.35. The molecule has 4 fully saturated rings. The predicted molar refractivity (Wildman–Crippen MR) is 122 cm³/mol. The molecule has 1 N–H and O–H groups in total. The summed E-state index contributed by atoms with van der Waals surface area (Å²) in [6, 6.07) is 0.995. The van der Waals surface area contributed by atoms with Crippen LogP contribution in [0.4, 0.5) is 4.79 Å². The minimum Gasteiger partial charge on any atom is -0.481 e. The minimum atomic E-state index is -0.727. The van der Waals surface area contributed by atoms with E-state index < -0.39 is 5.97 Å². The Morgan fingerprint density at radius 2 is 1.66 bits per heavy atom. The van der Waals surface area contributed by atoms with Crippen LogP contribution in [-0.4, -0.2) is 107 Å². The van der Waals surface area contributed by atoms with Crippen molar-refractivity contribution in [3.63, 3.8) is 0 Å². The average Bonchev–Trinajstić information content (AvgIpc) is 3.59. The molecule has 182 valence electrons. The molecule has 1 aliphatic carbocycles. The number of cyclic esters (lactones) is 1. The standard InChI is InChI=1S/C24H42N4O4/c1-19-23(27-17-15-25(16-18-27)11-4-6-22(29)30)32-24(31)28(19)12-3-2-5-20-9-13-26(14-10-20)21-7-8-21/h19-21,23H,2-18H2,1H3,(H,29,30). The first-order valence-electron chi connectivity index (χ1n) is 12.9. The van der Waals surface area contributed by atoms with Crippen LogP contribution >= 0.6 is 0 Å². The number of hydrogen-bond acceptors (Lipinski definition) is 6. The fourth-order valence-electron chi connectivity index (χ4n) is 5.72. The molecule has 0 aromatic heterocycles. The fourth-order valence-corrected chi connectivity index (χ4v) is 5.72. The molecule has 3 heterocycles. The molecule has 8 nitrogen and oxygen atoms in total. The van der Waals surface area contributed by atoms with E-state index in [9.17, 15) is 9.59 Å². The first kappa shape index (κ1) is 23.8. The molecular weight excluding hydrogens is 408 g/mol. The van der Waals surface area contributed by atoms with Crippen molar-refractivity contribution in [3.05, 3.63) is 0 Å². The van der Waals surface area contributed by atoms with Gasteiger partial charge in [-0.2, -0.15) is 0 Å². The number of carbonyl (C=O) groups excluding carboxylic acids is 1. The summed E-state index contributed by atoms with van der Waals surface area (Å²) in [7, 11) is 0. The summed E-state index contributed by atoms with van der Waals surface area (Å²) in [4.78, 5) is 32.4. The van der Waals surface area contributed by atoms with Gasteiger partial charge in [-0.1, -0.05) is 12.8 Å². The van der Waals surface area contributed by atoms with Crippen LogP contribution < -0.4 is 0 Å². The number of unbranched alkanes of at least 4 members (excludes halogenated alkanes) is 1. The van der Waals surface area contributed by atoms with Crippen LogP contribution in [0.5, 0.6) is 0 Å². The zero-order valence-corrected chi connectivity index (χ0v) is 19.8. The first-order chi connectivity index (χ1) is 15.5. The van der Waals surface area contributed by atoms with Crippen molar-refractivity contribution < 1.29 is 19.4 Å². The van der Waals surface area contributed by atoms with Crippen LogP contribution in [0, 0.1) is 5.92 Å². The number of piperidine rings is 1. The molecule has 2 atom stereocenters. The van der Waals surface area contributed by atoms with Crippen molar-refractivity contribution in [1.82, 2.24) is 19.6 Å². The fraction of sp³-hybridized carbons (Fsp3) is 0.917. The lowest BCUT2D eigenvalue weighted by Gasteiger charge is -2.38. The minimum absolute atomic E-state index is 0.0860. The summed E-state index contributed by atoms with van der Waals surface area (Å²) < 4.78 is 5.77. The highest BCUT2D eigenvalue weighted by Crippen LogP contribution is 2.32. The Morgan fingerprint density at radius 3 is 2.31 bits per heavy atom. The highest BCUT2D eigenvalue weighted by Gasteiger charge is 2.42. The van der Waals surface area contributed by atoms with Crippen LogP contribution in [0.3, 0.4) is 0 Å². The molecule has 0 spiro atoms. The lowest BCUT2D eigenvalue weighted by atomic mass is 9.91. The largest absolute Gasteiger partial charge is 0.481 e. The molecule has 3 aliphatic heterocycles. The number of aliphatic carboxylic acids is 1. The second-order valence-electron chi connectivity index (χ2n) is 10.3. The molecule has 0 aromatic rings. The maximum absolute atomic E-state index is 12.5. The number of hydrogen-bond donors (Lipinski definition) is 1. The molecule has 4 aliphatic rings. The molecule has 8 heteroatoms. The number of likely N-dealkylation sites (tertiary alicyclic amines) is 1. The van der Waals surface area contributed by atoms with E-state index in [-0.39, 0.29) is 24.8 Å². The van der Waals surface area contributed by atoms with Gasteiger partial charge >= 0.3 is 12.1 Å². The Labute approximate surface area is 192 Å². The van der Waals surface area contributed by atoms with Crippen LogP contribution in [-0.2, 0) is 9.53 Å². The van der Waals surface area contributed by atoms with E-state index in [2.05, 4.69) is 21.6 Å². The van der Waals surface area contributed by atoms with Crippen molar-refractivity contribution in [1.29, 1.82) is 0 Å². The lowest BCUT2D eigenvalue weighted by molar-refractivity contribution is -0.137. The van der Waals surface area contributed by atoms with Crippen LogP contribution in [0.2, 0.25) is 0 Å². The number of nitrogens with zero attached hydrogens (tertiary/aromatic N) is 4. The molecule has 1 saturated carbocycles. The predicted octanol–water partition coefficient (Wildman–Crippen LogP) is 2.68. The molecule has 0 bridgehead atoms. The summed E-state index contributed by atoms with van der Waals surface area (Å²) >= 11 is 0. The van der Waals surface area contributed by atoms with Gasteiger partial charge in [-0.05, 0) is 71.0 Å². The Hall–Kier alpha value is -1.38. The van der Waals surface area contributed by atoms with Crippen molar-refractivity contribution in [2.45, 2.75) is 83.0 Å². The molecule has 3 saturated heterocycles. The quantitative estimate of drug-likeness (QED) is 0.485. The highest BCUT2D eigenvalue weighted by atomic mass is 16.6. The number of carboxylic acid groups (broad SMARTS) is 1. The van der Waals surface area contributed by atoms with Gasteiger partial charge in [0.15, 0.2) is 6.23 Å². The van der Waals surface area contributed by atoms with Gasteiger partial charge in [0, 0.05) is 45.2 Å².